The van der Waals surface area contributed by atoms with Gasteiger partial charge in [0.1, 0.15) is 17.9 Å². The summed E-state index contributed by atoms with van der Waals surface area (Å²) in [6, 6.07) is 15.4. The highest BCUT2D eigenvalue weighted by atomic mass is 16.6. The summed E-state index contributed by atoms with van der Waals surface area (Å²) < 4.78 is 15.6. The first kappa shape index (κ1) is 22.3. The van der Waals surface area contributed by atoms with E-state index in [1.807, 2.05) is 30.3 Å². The maximum atomic E-state index is 12.3. The van der Waals surface area contributed by atoms with Gasteiger partial charge in [-0.05, 0) is 29.8 Å². The number of benzene rings is 2. The average molecular weight is 461 g/mol. The number of hydrogen-bond donors (Lipinski definition) is 1. The topological polar surface area (TPSA) is 144 Å². The quantitative estimate of drug-likeness (QED) is 0.248. The molecule has 2 heterocycles. The maximum absolute atomic E-state index is 12.3. The molecule has 0 saturated heterocycles. The molecule has 4 aromatic rings. The van der Waals surface area contributed by atoms with Crippen molar-refractivity contribution in [2.24, 2.45) is 10.3 Å². The van der Waals surface area contributed by atoms with Crippen LogP contribution in [0.4, 0.5) is 10.7 Å². The fourth-order valence-corrected chi connectivity index (χ4v) is 2.76. The minimum absolute atomic E-state index is 0.0512. The molecular weight excluding hydrogens is 442 g/mol. The molecule has 0 aliphatic heterocycles. The Morgan fingerprint density at radius 1 is 1.06 bits per heavy atom. The number of nitrogens with zero attached hydrogens (tertiary/aromatic N) is 6. The molecule has 172 valence electrons. The molecule has 4 rings (SSSR count). The predicted octanol–water partition coefficient (Wildman–Crippen LogP) is 3.85. The Bertz CT molecular complexity index is 1320. The first-order chi connectivity index (χ1) is 16.5. The van der Waals surface area contributed by atoms with E-state index < -0.39 is 12.1 Å². The van der Waals surface area contributed by atoms with Gasteiger partial charge in [0.25, 0.3) is 5.95 Å². The fraction of sp³-hybridized carbons (Fsp3) is 0.136. The number of esters is 1. The lowest BCUT2D eigenvalue weighted by molar-refractivity contribution is 0.0600. The first-order valence-corrected chi connectivity index (χ1v) is 9.97. The molecular formula is C22H19N7O5. The van der Waals surface area contributed by atoms with Crippen molar-refractivity contribution in [3.8, 4) is 11.6 Å². The minimum atomic E-state index is -0.809. The standard InChI is InChI=1S/C22H19N7O5/c1-29(22(31)34-16-10-8-15(9-11-16)20(30)32-2)28-27-21-25-18-17(23-13-24-18)19(26-21)33-12-14-6-4-3-5-7-14/h3-11,13H,12H2,1-2H3,(H,23,24,25,26). The number of ether oxygens (including phenoxy) is 3. The number of aromatic amines is 1. The third-order valence-electron chi connectivity index (χ3n) is 4.47. The summed E-state index contributed by atoms with van der Waals surface area (Å²) in [7, 11) is 2.64. The summed E-state index contributed by atoms with van der Waals surface area (Å²) in [4.78, 5) is 39.2. The second-order valence-corrected chi connectivity index (χ2v) is 6.80. The van der Waals surface area contributed by atoms with Crippen LogP contribution < -0.4 is 9.47 Å². The first-order valence-electron chi connectivity index (χ1n) is 9.97. The van der Waals surface area contributed by atoms with Crippen molar-refractivity contribution in [1.82, 2.24) is 24.9 Å². The van der Waals surface area contributed by atoms with Crippen molar-refractivity contribution in [3.05, 3.63) is 72.1 Å². The van der Waals surface area contributed by atoms with Crippen molar-refractivity contribution < 1.29 is 23.8 Å². The van der Waals surface area contributed by atoms with E-state index in [0.717, 1.165) is 10.6 Å². The zero-order valence-electron chi connectivity index (χ0n) is 18.2. The molecule has 0 aliphatic carbocycles. The smallest absolute Gasteiger partial charge is 0.436 e. The lowest BCUT2D eigenvalue weighted by atomic mass is 10.2. The van der Waals surface area contributed by atoms with Gasteiger partial charge >= 0.3 is 12.1 Å². The van der Waals surface area contributed by atoms with Crippen LogP contribution in [0.2, 0.25) is 0 Å². The van der Waals surface area contributed by atoms with Gasteiger partial charge in [-0.3, -0.25) is 0 Å². The molecule has 1 N–H and O–H groups in total. The Labute approximate surface area is 193 Å². The minimum Gasteiger partial charge on any atom is -0.471 e. The molecule has 12 heteroatoms. The summed E-state index contributed by atoms with van der Waals surface area (Å²) in [6.07, 6.45) is 0.654. The monoisotopic (exact) mass is 461 g/mol. The van der Waals surface area contributed by atoms with E-state index >= 15 is 0 Å². The van der Waals surface area contributed by atoms with E-state index in [1.165, 1.54) is 44.8 Å². The highest BCUT2D eigenvalue weighted by Crippen LogP contribution is 2.23. The summed E-state index contributed by atoms with van der Waals surface area (Å²) in [5.74, 6) is -0.0868. The van der Waals surface area contributed by atoms with Crippen molar-refractivity contribution in [3.63, 3.8) is 0 Å². The largest absolute Gasteiger partial charge is 0.471 e. The Kier molecular flexibility index (Phi) is 6.68. The number of methoxy groups -OCH3 is 1. The van der Waals surface area contributed by atoms with Crippen molar-refractivity contribution >= 4 is 29.2 Å². The van der Waals surface area contributed by atoms with E-state index in [2.05, 4.69) is 35.0 Å². The normalized spacial score (nSPS) is 10.9. The number of rotatable bonds is 7. The van der Waals surface area contributed by atoms with Gasteiger partial charge < -0.3 is 19.2 Å². The number of nitrogens with one attached hydrogen (secondary N) is 1. The number of aromatic nitrogens is 4. The summed E-state index contributed by atoms with van der Waals surface area (Å²) in [5, 5.41) is 8.56. The fourth-order valence-electron chi connectivity index (χ4n) is 2.76. The lowest BCUT2D eigenvalue weighted by Crippen LogP contribution is -2.24. The Hall–Kier alpha value is -4.87. The Morgan fingerprint density at radius 3 is 2.56 bits per heavy atom. The van der Waals surface area contributed by atoms with Gasteiger partial charge in [-0.2, -0.15) is 15.0 Å². The van der Waals surface area contributed by atoms with Crippen molar-refractivity contribution in [2.75, 3.05) is 14.2 Å². The number of carbonyl (C=O) groups excluding carboxylic acids is 2. The SMILES string of the molecule is COC(=O)c1ccc(OC(=O)N(C)N=Nc2nc(OCc3ccccc3)c3[nH]cnc3n2)cc1. The van der Waals surface area contributed by atoms with Crippen LogP contribution in [0.25, 0.3) is 11.2 Å². The maximum Gasteiger partial charge on any atom is 0.436 e. The number of fused-ring (bicyclic) bond motifs is 1. The lowest BCUT2D eigenvalue weighted by Gasteiger charge is -2.10. The molecule has 0 radical (unpaired) electrons. The third kappa shape index (κ3) is 5.30. The van der Waals surface area contributed by atoms with Crippen LogP contribution in [0.3, 0.4) is 0 Å². The molecule has 0 fully saturated rings. The van der Waals surface area contributed by atoms with Crippen molar-refractivity contribution in [1.29, 1.82) is 0 Å². The van der Waals surface area contributed by atoms with Gasteiger partial charge in [-0.25, -0.2) is 14.6 Å². The van der Waals surface area contributed by atoms with Crippen LogP contribution in [0.15, 0.2) is 71.3 Å². The molecule has 0 bridgehead atoms. The Morgan fingerprint density at radius 2 is 1.82 bits per heavy atom. The van der Waals surface area contributed by atoms with Gasteiger partial charge in [0, 0.05) is 7.05 Å². The highest BCUT2D eigenvalue weighted by molar-refractivity contribution is 5.89. The van der Waals surface area contributed by atoms with Gasteiger partial charge in [-0.1, -0.05) is 40.7 Å². The molecule has 0 atom stereocenters. The molecule has 34 heavy (non-hydrogen) atoms. The molecule has 0 saturated carbocycles. The van der Waals surface area contributed by atoms with Crippen LogP contribution in [0.1, 0.15) is 15.9 Å². The zero-order chi connectivity index (χ0) is 23.9. The second-order valence-electron chi connectivity index (χ2n) is 6.80. The van der Waals surface area contributed by atoms with E-state index in [-0.39, 0.29) is 24.2 Å². The molecule has 0 spiro atoms. The molecule has 12 nitrogen and oxygen atoms in total. The van der Waals surface area contributed by atoms with Crippen LogP contribution in [-0.2, 0) is 11.3 Å². The average Bonchev–Trinajstić information content (AvgIpc) is 3.35. The van der Waals surface area contributed by atoms with E-state index in [4.69, 9.17) is 9.47 Å². The summed E-state index contributed by atoms with van der Waals surface area (Å²) in [6.45, 7) is 0.281. The predicted molar refractivity (Wildman–Crippen MR) is 119 cm³/mol. The molecule has 2 aromatic carbocycles. The van der Waals surface area contributed by atoms with E-state index in [1.54, 1.807) is 0 Å². The zero-order valence-corrected chi connectivity index (χ0v) is 18.2. The van der Waals surface area contributed by atoms with Crippen LogP contribution in [0, 0.1) is 0 Å². The van der Waals surface area contributed by atoms with Gasteiger partial charge in [0.2, 0.25) is 5.88 Å². The number of carbonyl (C=O) groups is 2. The van der Waals surface area contributed by atoms with E-state index in [9.17, 15) is 9.59 Å². The second kappa shape index (κ2) is 10.2. The number of imidazole rings is 1. The van der Waals surface area contributed by atoms with Crippen LogP contribution >= 0.6 is 0 Å². The molecule has 0 unspecified atom stereocenters. The highest BCUT2D eigenvalue weighted by Gasteiger charge is 2.14. The number of H-pyrrole nitrogens is 1. The molecule has 2 aromatic heterocycles. The van der Waals surface area contributed by atoms with Gasteiger partial charge in [0.15, 0.2) is 5.65 Å². The van der Waals surface area contributed by atoms with Gasteiger partial charge in [0.05, 0.1) is 19.0 Å². The Balaban J connectivity index is 1.43. The van der Waals surface area contributed by atoms with Crippen molar-refractivity contribution in [2.45, 2.75) is 6.61 Å². The molecule has 1 amide bonds. The number of hydrogen-bond acceptors (Lipinski definition) is 10. The molecule has 0 aliphatic rings. The summed E-state index contributed by atoms with van der Waals surface area (Å²) >= 11 is 0. The van der Waals surface area contributed by atoms with E-state index in [0.29, 0.717) is 16.7 Å². The number of amides is 1. The summed E-state index contributed by atoms with van der Waals surface area (Å²) in [5.41, 5.74) is 2.13. The van der Waals surface area contributed by atoms with Crippen LogP contribution in [-0.4, -0.2) is 51.2 Å². The van der Waals surface area contributed by atoms with Crippen LogP contribution in [0.5, 0.6) is 11.6 Å². The third-order valence-corrected chi connectivity index (χ3v) is 4.47. The van der Waals surface area contributed by atoms with Gasteiger partial charge in [-0.15, -0.1) is 0 Å².